The van der Waals surface area contributed by atoms with Gasteiger partial charge in [-0.25, -0.2) is 9.59 Å². The van der Waals surface area contributed by atoms with Crippen molar-refractivity contribution < 1.29 is 37.0 Å². The maximum Gasteiger partial charge on any atom is 0.416 e. The van der Waals surface area contributed by atoms with Gasteiger partial charge in [0.15, 0.2) is 0 Å². The monoisotopic (exact) mass is 608 g/mol. The lowest BCUT2D eigenvalue weighted by Gasteiger charge is -2.37. The number of methoxy groups -OCH3 is 1. The smallest absolute Gasteiger partial charge is 0.416 e. The molecule has 4 fully saturated rings. The van der Waals surface area contributed by atoms with Crippen LogP contribution in [0.2, 0.25) is 0 Å². The molecule has 0 radical (unpaired) electrons. The number of alkyl halides is 3. The van der Waals surface area contributed by atoms with Crippen LogP contribution in [0.5, 0.6) is 0 Å². The van der Waals surface area contributed by atoms with Crippen molar-refractivity contribution in [1.82, 2.24) is 19.6 Å². The van der Waals surface area contributed by atoms with Crippen molar-refractivity contribution in [3.05, 3.63) is 35.4 Å². The van der Waals surface area contributed by atoms with Gasteiger partial charge in [0.05, 0.1) is 19.2 Å². The fourth-order valence-electron chi connectivity index (χ4n) is 7.05. The normalized spacial score (nSPS) is 25.0. The first-order valence-corrected chi connectivity index (χ1v) is 15.5. The standard InChI is InChI=1S/C31H43F3N4O5/c1-42-28(40)37-14-2-13-36(17-18-37)27(39)19-23-3-5-25(6-4-23)21-38-22-30(43-29(38)41)11-15-35(16-12-30)20-24-7-9-26(10-8-24)31(32,33)34/h7-10,23,25H,2-6,11-22H2,1H3. The molecule has 3 aliphatic heterocycles. The van der Waals surface area contributed by atoms with Crippen LogP contribution in [-0.2, 0) is 27.0 Å². The molecular formula is C31H43F3N4O5. The number of benzene rings is 1. The molecule has 1 aromatic carbocycles. The van der Waals surface area contributed by atoms with E-state index in [0.717, 1.165) is 62.9 Å². The maximum absolute atomic E-state index is 13.0. The number of rotatable bonds is 6. The van der Waals surface area contributed by atoms with Crippen LogP contribution in [0.15, 0.2) is 24.3 Å². The second kappa shape index (κ2) is 13.3. The summed E-state index contributed by atoms with van der Waals surface area (Å²) in [5, 5.41) is 0. The highest BCUT2D eigenvalue weighted by Crippen LogP contribution is 2.37. The van der Waals surface area contributed by atoms with Gasteiger partial charge in [-0.1, -0.05) is 12.1 Å². The van der Waals surface area contributed by atoms with E-state index in [9.17, 15) is 27.6 Å². The zero-order chi connectivity index (χ0) is 30.6. The number of carbonyl (C=O) groups excluding carboxylic acids is 3. The average Bonchev–Trinajstić information content (AvgIpc) is 3.13. The van der Waals surface area contributed by atoms with Crippen LogP contribution in [0, 0.1) is 11.8 Å². The van der Waals surface area contributed by atoms with Gasteiger partial charge < -0.3 is 24.2 Å². The minimum Gasteiger partial charge on any atom is -0.453 e. The molecule has 0 unspecified atom stereocenters. The zero-order valence-electron chi connectivity index (χ0n) is 24.9. The van der Waals surface area contributed by atoms with E-state index in [0.29, 0.717) is 76.9 Å². The maximum atomic E-state index is 13.0. The van der Waals surface area contributed by atoms with Crippen molar-refractivity contribution in [3.63, 3.8) is 0 Å². The number of carbonyl (C=O) groups is 3. The number of hydrogen-bond acceptors (Lipinski definition) is 6. The topological polar surface area (TPSA) is 82.6 Å². The molecule has 4 aliphatic rings. The summed E-state index contributed by atoms with van der Waals surface area (Å²) in [6, 6.07) is 5.31. The summed E-state index contributed by atoms with van der Waals surface area (Å²) in [5.41, 5.74) is -0.298. The largest absolute Gasteiger partial charge is 0.453 e. The molecular weight excluding hydrogens is 565 g/mol. The minimum atomic E-state index is -4.34. The molecule has 0 N–H and O–H groups in total. The molecule has 3 saturated heterocycles. The van der Waals surface area contributed by atoms with Crippen molar-refractivity contribution in [2.75, 3.05) is 59.5 Å². The quantitative estimate of drug-likeness (QED) is 0.453. The highest BCUT2D eigenvalue weighted by Gasteiger charge is 2.47. The van der Waals surface area contributed by atoms with E-state index in [2.05, 4.69) is 4.90 Å². The van der Waals surface area contributed by atoms with Gasteiger partial charge in [-0.15, -0.1) is 0 Å². The van der Waals surface area contributed by atoms with Crippen LogP contribution < -0.4 is 0 Å². The molecule has 5 rings (SSSR count). The molecule has 238 valence electrons. The summed E-state index contributed by atoms with van der Waals surface area (Å²) >= 11 is 0. The van der Waals surface area contributed by atoms with Crippen molar-refractivity contribution >= 4 is 18.1 Å². The van der Waals surface area contributed by atoms with Crippen LogP contribution >= 0.6 is 0 Å². The molecule has 0 bridgehead atoms. The number of ether oxygens (including phenoxy) is 2. The van der Waals surface area contributed by atoms with E-state index in [1.54, 1.807) is 4.90 Å². The van der Waals surface area contributed by atoms with Gasteiger partial charge in [-0.05, 0) is 61.6 Å². The van der Waals surface area contributed by atoms with Crippen molar-refractivity contribution in [2.45, 2.75) is 69.7 Å². The first-order valence-electron chi connectivity index (χ1n) is 15.5. The molecule has 43 heavy (non-hydrogen) atoms. The summed E-state index contributed by atoms with van der Waals surface area (Å²) < 4.78 is 49.3. The SMILES string of the molecule is COC(=O)N1CCCN(C(=O)CC2CCC(CN3CC4(CCN(Cc5ccc(C(F)(F)F)cc5)CC4)OC3=O)CC2)CC1. The van der Waals surface area contributed by atoms with E-state index < -0.39 is 17.3 Å². The van der Waals surface area contributed by atoms with Gasteiger partial charge in [0.2, 0.25) is 5.91 Å². The minimum absolute atomic E-state index is 0.157. The van der Waals surface area contributed by atoms with Crippen LogP contribution in [-0.4, -0.2) is 103 Å². The number of amides is 3. The Bertz CT molecular complexity index is 1130. The first kappa shape index (κ1) is 31.4. The summed E-state index contributed by atoms with van der Waals surface area (Å²) in [4.78, 5) is 45.2. The van der Waals surface area contributed by atoms with Crippen LogP contribution in [0.4, 0.5) is 22.8 Å². The molecule has 0 atom stereocenters. The van der Waals surface area contributed by atoms with Crippen LogP contribution in [0.25, 0.3) is 0 Å². The van der Waals surface area contributed by atoms with Crippen LogP contribution in [0.3, 0.4) is 0 Å². The fourth-order valence-corrected chi connectivity index (χ4v) is 7.05. The van der Waals surface area contributed by atoms with Crippen LogP contribution in [0.1, 0.15) is 62.5 Å². The zero-order valence-corrected chi connectivity index (χ0v) is 24.9. The molecule has 1 aromatic rings. The first-order chi connectivity index (χ1) is 20.5. The number of piperidine rings is 1. The van der Waals surface area contributed by atoms with E-state index in [-0.39, 0.29) is 18.1 Å². The van der Waals surface area contributed by atoms with Gasteiger partial charge in [0.1, 0.15) is 5.60 Å². The molecule has 0 aromatic heterocycles. The Morgan fingerprint density at radius 2 is 1.56 bits per heavy atom. The number of likely N-dealkylation sites (tertiary alicyclic amines) is 1. The molecule has 1 saturated carbocycles. The molecule has 1 aliphatic carbocycles. The van der Waals surface area contributed by atoms with Crippen molar-refractivity contribution in [3.8, 4) is 0 Å². The van der Waals surface area contributed by atoms with E-state index >= 15 is 0 Å². The Morgan fingerprint density at radius 1 is 0.930 bits per heavy atom. The summed E-state index contributed by atoms with van der Waals surface area (Å²) in [6.07, 6.45) is 1.64. The average molecular weight is 609 g/mol. The predicted octanol–water partition coefficient (Wildman–Crippen LogP) is 4.99. The molecule has 3 heterocycles. The van der Waals surface area contributed by atoms with Gasteiger partial charge in [0, 0.05) is 71.6 Å². The van der Waals surface area contributed by atoms with Gasteiger partial charge >= 0.3 is 18.4 Å². The molecule has 1 spiro atoms. The third-order valence-electron chi connectivity index (χ3n) is 9.69. The van der Waals surface area contributed by atoms with Crippen molar-refractivity contribution in [1.29, 1.82) is 0 Å². The molecule has 12 heteroatoms. The Balaban J connectivity index is 1.02. The number of hydrogen-bond donors (Lipinski definition) is 0. The van der Waals surface area contributed by atoms with Gasteiger partial charge in [0.25, 0.3) is 0 Å². The Morgan fingerprint density at radius 3 is 2.21 bits per heavy atom. The predicted molar refractivity (Wildman–Crippen MR) is 152 cm³/mol. The van der Waals surface area contributed by atoms with E-state index in [1.165, 1.54) is 19.2 Å². The highest BCUT2D eigenvalue weighted by molar-refractivity contribution is 5.76. The highest BCUT2D eigenvalue weighted by atomic mass is 19.4. The lowest BCUT2D eigenvalue weighted by molar-refractivity contribution is -0.137. The Kier molecular flexibility index (Phi) is 9.73. The van der Waals surface area contributed by atoms with E-state index in [1.807, 2.05) is 9.80 Å². The van der Waals surface area contributed by atoms with Gasteiger partial charge in [-0.2, -0.15) is 13.2 Å². The Labute approximate surface area is 251 Å². The summed E-state index contributed by atoms with van der Waals surface area (Å²) in [6.45, 7) is 5.56. The van der Waals surface area contributed by atoms with Gasteiger partial charge in [-0.3, -0.25) is 9.69 Å². The second-order valence-corrected chi connectivity index (χ2v) is 12.7. The summed E-state index contributed by atoms with van der Waals surface area (Å²) in [7, 11) is 1.37. The van der Waals surface area contributed by atoms with E-state index in [4.69, 9.17) is 9.47 Å². The lowest BCUT2D eigenvalue weighted by Crippen LogP contribution is -2.46. The number of halogens is 3. The van der Waals surface area contributed by atoms with Crippen molar-refractivity contribution in [2.24, 2.45) is 11.8 Å². The molecule has 3 amide bonds. The fraction of sp³-hybridized carbons (Fsp3) is 0.710. The Hall–Kier alpha value is -3.02. The summed E-state index contributed by atoms with van der Waals surface area (Å²) in [5.74, 6) is 0.889. The number of nitrogens with zero attached hydrogens (tertiary/aromatic N) is 4. The lowest BCUT2D eigenvalue weighted by atomic mass is 9.80. The molecule has 9 nitrogen and oxygen atoms in total. The third kappa shape index (κ3) is 7.93. The second-order valence-electron chi connectivity index (χ2n) is 12.7. The third-order valence-corrected chi connectivity index (χ3v) is 9.69.